The average Bonchev–Trinajstić information content (AvgIpc) is 3.25. The SMILES string of the molecule is CC(=O)[C@@H](OC(C)(C)C)c1c(C)cc2nc(N3CCc4ccncc4C3)sc2c1-c1ccc(Cl)cc1. The lowest BCUT2D eigenvalue weighted by Crippen LogP contribution is -2.30. The Kier molecular flexibility index (Phi) is 6.62. The lowest BCUT2D eigenvalue weighted by atomic mass is 9.90. The topological polar surface area (TPSA) is 55.3 Å². The zero-order valence-corrected chi connectivity index (χ0v) is 22.8. The minimum atomic E-state index is -0.682. The summed E-state index contributed by atoms with van der Waals surface area (Å²) in [5.41, 5.74) is 6.92. The number of aromatic nitrogens is 2. The van der Waals surface area contributed by atoms with Crippen LogP contribution in [0.25, 0.3) is 21.3 Å². The molecular weight excluding hydrogens is 490 g/mol. The number of fused-ring (bicyclic) bond motifs is 2. The van der Waals surface area contributed by atoms with E-state index in [1.807, 2.05) is 64.4 Å². The number of rotatable bonds is 5. The monoisotopic (exact) mass is 519 g/mol. The maximum Gasteiger partial charge on any atom is 0.186 e. The van der Waals surface area contributed by atoms with Gasteiger partial charge in [-0.2, -0.15) is 0 Å². The van der Waals surface area contributed by atoms with Crippen molar-refractivity contribution in [3.05, 3.63) is 76.1 Å². The van der Waals surface area contributed by atoms with E-state index in [1.165, 1.54) is 11.1 Å². The fraction of sp³-hybridized carbons (Fsp3) is 0.345. The van der Waals surface area contributed by atoms with E-state index >= 15 is 0 Å². The van der Waals surface area contributed by atoms with Crippen LogP contribution in [-0.4, -0.2) is 27.9 Å². The predicted molar refractivity (Wildman–Crippen MR) is 148 cm³/mol. The van der Waals surface area contributed by atoms with Gasteiger partial charge in [-0.3, -0.25) is 9.78 Å². The van der Waals surface area contributed by atoms with Crippen LogP contribution in [0.4, 0.5) is 5.13 Å². The molecule has 0 saturated heterocycles. The third-order valence-corrected chi connectivity index (χ3v) is 7.84. The maximum atomic E-state index is 12.9. The molecule has 5 rings (SSSR count). The number of thiazole rings is 1. The summed E-state index contributed by atoms with van der Waals surface area (Å²) in [6.45, 7) is 11.3. The van der Waals surface area contributed by atoms with E-state index in [-0.39, 0.29) is 5.78 Å². The second-order valence-corrected chi connectivity index (χ2v) is 11.8. The molecule has 7 heteroatoms. The van der Waals surface area contributed by atoms with Gasteiger partial charge in [-0.1, -0.05) is 35.1 Å². The molecule has 36 heavy (non-hydrogen) atoms. The van der Waals surface area contributed by atoms with Gasteiger partial charge in [0.1, 0.15) is 6.10 Å². The Morgan fingerprint density at radius 2 is 1.92 bits per heavy atom. The summed E-state index contributed by atoms with van der Waals surface area (Å²) in [7, 11) is 0. The number of nitrogens with zero attached hydrogens (tertiary/aromatic N) is 3. The number of benzene rings is 2. The van der Waals surface area contributed by atoms with Crippen molar-refractivity contribution >= 4 is 44.1 Å². The van der Waals surface area contributed by atoms with Crippen LogP contribution >= 0.6 is 22.9 Å². The molecule has 0 bridgehead atoms. The van der Waals surface area contributed by atoms with Crippen LogP contribution in [0, 0.1) is 6.92 Å². The standard InChI is InChI=1S/C29H30ClN3O2S/c1-17-14-23-27(36-28(32-23)33-13-11-19-10-12-31-15-21(19)16-33)25(20-6-8-22(30)9-7-20)24(17)26(18(2)34)35-29(3,4)5/h6-10,12,14-15,26H,11,13,16H2,1-5H3/t26-/m1/s1. The molecule has 2 aromatic heterocycles. The molecule has 0 saturated carbocycles. The average molecular weight is 520 g/mol. The van der Waals surface area contributed by atoms with Crippen LogP contribution in [0.15, 0.2) is 48.8 Å². The van der Waals surface area contributed by atoms with Crippen molar-refractivity contribution in [3.8, 4) is 11.1 Å². The molecule has 0 amide bonds. The quantitative estimate of drug-likeness (QED) is 0.276. The Balaban J connectivity index is 1.69. The zero-order valence-electron chi connectivity index (χ0n) is 21.3. The number of carbonyl (C=O) groups excluding carboxylic acids is 1. The van der Waals surface area contributed by atoms with Gasteiger partial charge in [-0.25, -0.2) is 4.98 Å². The number of ether oxygens (including phenoxy) is 1. The van der Waals surface area contributed by atoms with Gasteiger partial charge in [0.15, 0.2) is 10.9 Å². The van der Waals surface area contributed by atoms with Crippen LogP contribution in [0.3, 0.4) is 0 Å². The highest BCUT2D eigenvalue weighted by Crippen LogP contribution is 2.44. The van der Waals surface area contributed by atoms with Gasteiger partial charge in [-0.05, 0) is 87.6 Å². The Labute approximate surface area is 221 Å². The van der Waals surface area contributed by atoms with Crippen molar-refractivity contribution < 1.29 is 9.53 Å². The second kappa shape index (κ2) is 9.58. The molecule has 0 unspecified atom stereocenters. The van der Waals surface area contributed by atoms with Gasteiger partial charge in [-0.15, -0.1) is 0 Å². The first-order valence-corrected chi connectivity index (χ1v) is 13.3. The van der Waals surface area contributed by atoms with E-state index in [1.54, 1.807) is 18.3 Å². The van der Waals surface area contributed by atoms with E-state index in [0.717, 1.165) is 57.1 Å². The van der Waals surface area contributed by atoms with Crippen molar-refractivity contribution in [1.29, 1.82) is 0 Å². The van der Waals surface area contributed by atoms with E-state index in [2.05, 4.69) is 22.0 Å². The first-order valence-electron chi connectivity index (χ1n) is 12.2. The first kappa shape index (κ1) is 24.9. The molecule has 0 N–H and O–H groups in total. The van der Waals surface area contributed by atoms with Crippen LogP contribution in [-0.2, 0) is 22.5 Å². The fourth-order valence-corrected chi connectivity index (χ4v) is 6.10. The van der Waals surface area contributed by atoms with Gasteiger partial charge in [0, 0.05) is 41.6 Å². The molecule has 4 aromatic rings. The van der Waals surface area contributed by atoms with Gasteiger partial charge < -0.3 is 9.64 Å². The highest BCUT2D eigenvalue weighted by Gasteiger charge is 2.31. The summed E-state index contributed by atoms with van der Waals surface area (Å²) >= 11 is 7.90. The molecule has 1 aliphatic heterocycles. The second-order valence-electron chi connectivity index (χ2n) is 10.4. The third-order valence-electron chi connectivity index (χ3n) is 6.44. The van der Waals surface area contributed by atoms with Gasteiger partial charge in [0.2, 0.25) is 0 Å². The molecule has 2 aromatic carbocycles. The molecule has 186 valence electrons. The number of halogens is 1. The highest BCUT2D eigenvalue weighted by atomic mass is 35.5. The van der Waals surface area contributed by atoms with Crippen molar-refractivity contribution in [3.63, 3.8) is 0 Å². The summed E-state index contributed by atoms with van der Waals surface area (Å²) in [5, 5.41) is 1.64. The molecule has 5 nitrogen and oxygen atoms in total. The van der Waals surface area contributed by atoms with Crippen LogP contribution in [0.5, 0.6) is 0 Å². The number of hydrogen-bond acceptors (Lipinski definition) is 6. The molecule has 1 atom stereocenters. The molecular formula is C29H30ClN3O2S. The first-order chi connectivity index (χ1) is 17.1. The summed E-state index contributed by atoms with van der Waals surface area (Å²) in [4.78, 5) is 24.7. The molecule has 0 radical (unpaired) electrons. The highest BCUT2D eigenvalue weighted by molar-refractivity contribution is 7.22. The zero-order chi connectivity index (χ0) is 25.6. The lowest BCUT2D eigenvalue weighted by molar-refractivity contribution is -0.138. The minimum Gasteiger partial charge on any atom is -0.360 e. The van der Waals surface area contributed by atoms with Crippen molar-refractivity contribution in [2.24, 2.45) is 0 Å². The molecule has 0 aliphatic carbocycles. The van der Waals surface area contributed by atoms with Crippen LogP contribution in [0.1, 0.15) is 56.1 Å². The Hall–Kier alpha value is -2.80. The molecule has 3 heterocycles. The van der Waals surface area contributed by atoms with Crippen molar-refractivity contribution in [1.82, 2.24) is 9.97 Å². The minimum absolute atomic E-state index is 0.0209. The number of carbonyl (C=O) groups is 1. The number of hydrogen-bond donors (Lipinski definition) is 0. The molecule has 0 spiro atoms. The number of ketones is 1. The van der Waals surface area contributed by atoms with Gasteiger partial charge >= 0.3 is 0 Å². The summed E-state index contributed by atoms with van der Waals surface area (Å²) in [6.07, 6.45) is 4.10. The Morgan fingerprint density at radius 1 is 1.17 bits per heavy atom. The van der Waals surface area contributed by atoms with Gasteiger partial charge in [0.25, 0.3) is 0 Å². The summed E-state index contributed by atoms with van der Waals surface area (Å²) < 4.78 is 7.40. The third kappa shape index (κ3) is 4.90. The molecule has 1 aliphatic rings. The van der Waals surface area contributed by atoms with E-state index in [9.17, 15) is 4.79 Å². The van der Waals surface area contributed by atoms with Gasteiger partial charge in [0.05, 0.1) is 15.8 Å². The largest absolute Gasteiger partial charge is 0.360 e. The predicted octanol–water partition coefficient (Wildman–Crippen LogP) is 7.33. The number of pyridine rings is 1. The van der Waals surface area contributed by atoms with Crippen LogP contribution in [0.2, 0.25) is 5.02 Å². The van der Waals surface area contributed by atoms with E-state index < -0.39 is 11.7 Å². The summed E-state index contributed by atoms with van der Waals surface area (Å²) in [5.74, 6) is -0.0209. The maximum absolute atomic E-state index is 12.9. The Bertz CT molecular complexity index is 1440. The Morgan fingerprint density at radius 3 is 2.61 bits per heavy atom. The van der Waals surface area contributed by atoms with E-state index in [0.29, 0.717) is 5.02 Å². The summed E-state index contributed by atoms with van der Waals surface area (Å²) in [6, 6.07) is 12.0. The number of Topliss-reactive ketones (excluding diaryl/α,β-unsaturated/α-hetero) is 1. The smallest absolute Gasteiger partial charge is 0.186 e. The van der Waals surface area contributed by atoms with Crippen LogP contribution < -0.4 is 4.90 Å². The lowest BCUT2D eigenvalue weighted by Gasteiger charge is -2.29. The fourth-order valence-electron chi connectivity index (χ4n) is 4.82. The van der Waals surface area contributed by atoms with Crippen molar-refractivity contribution in [2.45, 2.75) is 59.3 Å². The normalized spacial score (nSPS) is 14.7. The molecule has 0 fully saturated rings. The van der Waals surface area contributed by atoms with E-state index in [4.69, 9.17) is 21.3 Å². The number of aryl methyl sites for hydroxylation is 1. The number of anilines is 1. The van der Waals surface area contributed by atoms with Crippen molar-refractivity contribution in [2.75, 3.05) is 11.4 Å².